The molecule has 0 amide bonds. The van der Waals surface area contributed by atoms with E-state index in [1.165, 1.54) is 17.4 Å². The summed E-state index contributed by atoms with van der Waals surface area (Å²) in [4.78, 5) is 29.9. The average molecular weight is 302 g/mol. The number of nitrogens with two attached hydrogens (primary N) is 1. The molecular weight excluding hydrogens is 294 g/mol. The van der Waals surface area contributed by atoms with Gasteiger partial charge >= 0.3 is 0 Å². The molecule has 8 heteroatoms. The molecule has 0 aromatic carbocycles. The van der Waals surface area contributed by atoms with Gasteiger partial charge in [0.05, 0.1) is 15.0 Å². The number of halogens is 1. The first-order valence-corrected chi connectivity index (χ1v) is 7.01. The number of nitrogen functional groups attached to an aromatic ring is 1. The molecule has 94 valence electrons. The number of thiophene rings is 1. The molecule has 2 heterocycles. The van der Waals surface area contributed by atoms with Crippen LogP contribution in [-0.2, 0) is 0 Å². The Bertz CT molecular complexity index is 638. The molecule has 0 spiro atoms. The number of H-pyrrole nitrogens is 1. The van der Waals surface area contributed by atoms with Crippen LogP contribution in [0.1, 0.15) is 9.67 Å². The first kappa shape index (κ1) is 13.1. The number of ketones is 1. The van der Waals surface area contributed by atoms with E-state index in [1.807, 2.05) is 0 Å². The van der Waals surface area contributed by atoms with E-state index in [4.69, 9.17) is 17.3 Å². The summed E-state index contributed by atoms with van der Waals surface area (Å²) in [5.74, 6) is 0.235. The Morgan fingerprint density at radius 3 is 2.94 bits per heavy atom. The predicted molar refractivity (Wildman–Crippen MR) is 73.7 cm³/mol. The van der Waals surface area contributed by atoms with Gasteiger partial charge in [-0.25, -0.2) is 4.98 Å². The quantitative estimate of drug-likeness (QED) is 0.512. The van der Waals surface area contributed by atoms with Gasteiger partial charge in [-0.15, -0.1) is 11.3 Å². The molecule has 0 aliphatic heterocycles. The molecular formula is C10H8ClN3O2S2. The number of carbonyl (C=O) groups excluding carboxylic acids is 1. The zero-order chi connectivity index (χ0) is 13.1. The van der Waals surface area contributed by atoms with E-state index in [-0.39, 0.29) is 22.9 Å². The van der Waals surface area contributed by atoms with Crippen LogP contribution in [0.4, 0.5) is 5.82 Å². The lowest BCUT2D eigenvalue weighted by Gasteiger charge is -1.99. The predicted octanol–water partition coefficient (Wildman–Crippen LogP) is 2.04. The molecule has 0 atom stereocenters. The number of aromatic amines is 1. The van der Waals surface area contributed by atoms with Gasteiger partial charge in [-0.3, -0.25) is 9.59 Å². The molecule has 2 aromatic rings. The minimum absolute atomic E-state index is 0.0676. The summed E-state index contributed by atoms with van der Waals surface area (Å²) in [7, 11) is 0. The Morgan fingerprint density at radius 2 is 2.33 bits per heavy atom. The van der Waals surface area contributed by atoms with E-state index in [0.717, 1.165) is 11.8 Å². The fourth-order valence-electron chi connectivity index (χ4n) is 1.19. The maximum absolute atomic E-state index is 11.8. The van der Waals surface area contributed by atoms with Crippen LogP contribution < -0.4 is 11.3 Å². The molecule has 0 saturated carbocycles. The highest BCUT2D eigenvalue weighted by Gasteiger charge is 2.10. The van der Waals surface area contributed by atoms with Crippen LogP contribution in [0.5, 0.6) is 0 Å². The van der Waals surface area contributed by atoms with Gasteiger partial charge < -0.3 is 10.7 Å². The lowest BCUT2D eigenvalue weighted by atomic mass is 10.4. The van der Waals surface area contributed by atoms with Crippen LogP contribution in [0.25, 0.3) is 0 Å². The van der Waals surface area contributed by atoms with Crippen molar-refractivity contribution in [3.63, 3.8) is 0 Å². The van der Waals surface area contributed by atoms with Crippen molar-refractivity contribution in [2.24, 2.45) is 0 Å². The van der Waals surface area contributed by atoms with E-state index < -0.39 is 0 Å². The smallest absolute Gasteiger partial charge is 0.253 e. The molecule has 0 fully saturated rings. The van der Waals surface area contributed by atoms with Crippen molar-refractivity contribution in [1.82, 2.24) is 9.97 Å². The highest BCUT2D eigenvalue weighted by molar-refractivity contribution is 7.99. The third kappa shape index (κ3) is 3.34. The van der Waals surface area contributed by atoms with Crippen LogP contribution in [0.15, 0.2) is 28.2 Å². The van der Waals surface area contributed by atoms with Crippen molar-refractivity contribution < 1.29 is 4.79 Å². The minimum Gasteiger partial charge on any atom is -0.383 e. The van der Waals surface area contributed by atoms with Gasteiger partial charge in [0.2, 0.25) is 0 Å². The van der Waals surface area contributed by atoms with Crippen LogP contribution in [0, 0.1) is 0 Å². The highest BCUT2D eigenvalue weighted by atomic mass is 35.5. The molecule has 0 radical (unpaired) electrons. The summed E-state index contributed by atoms with van der Waals surface area (Å²) in [6, 6.07) is 4.53. The molecule has 0 aliphatic rings. The van der Waals surface area contributed by atoms with Crippen molar-refractivity contribution in [2.75, 3.05) is 11.5 Å². The van der Waals surface area contributed by atoms with Gasteiger partial charge in [-0.1, -0.05) is 23.4 Å². The summed E-state index contributed by atoms with van der Waals surface area (Å²) in [6.07, 6.45) is 0. The Kier molecular flexibility index (Phi) is 4.05. The maximum Gasteiger partial charge on any atom is 0.253 e. The zero-order valence-electron chi connectivity index (χ0n) is 8.97. The number of nitrogens with one attached hydrogen (secondary N) is 1. The molecule has 0 bridgehead atoms. The topological polar surface area (TPSA) is 88.8 Å². The number of hydrogen-bond donors (Lipinski definition) is 2. The minimum atomic E-state index is -0.336. The van der Waals surface area contributed by atoms with Gasteiger partial charge in [0.1, 0.15) is 5.82 Å². The maximum atomic E-state index is 11.8. The number of Topliss-reactive ketones (excluding diaryl/α,β-unsaturated/α-hetero) is 1. The van der Waals surface area contributed by atoms with Crippen molar-refractivity contribution >= 4 is 46.3 Å². The average Bonchev–Trinajstić information content (AvgIpc) is 2.71. The van der Waals surface area contributed by atoms with Gasteiger partial charge in [0.15, 0.2) is 10.9 Å². The van der Waals surface area contributed by atoms with Gasteiger partial charge in [0, 0.05) is 6.07 Å². The Morgan fingerprint density at radius 1 is 1.56 bits per heavy atom. The largest absolute Gasteiger partial charge is 0.383 e. The van der Waals surface area contributed by atoms with E-state index in [0.29, 0.717) is 14.4 Å². The van der Waals surface area contributed by atoms with E-state index >= 15 is 0 Å². The monoisotopic (exact) mass is 301 g/mol. The number of aromatic nitrogens is 2. The number of hydrogen-bond acceptors (Lipinski definition) is 6. The zero-order valence-corrected chi connectivity index (χ0v) is 11.4. The van der Waals surface area contributed by atoms with Crippen LogP contribution in [-0.4, -0.2) is 21.5 Å². The van der Waals surface area contributed by atoms with E-state index in [2.05, 4.69) is 9.97 Å². The van der Waals surface area contributed by atoms with Crippen molar-refractivity contribution in [3.05, 3.63) is 37.8 Å². The lowest BCUT2D eigenvalue weighted by molar-refractivity contribution is 0.102. The van der Waals surface area contributed by atoms with Crippen molar-refractivity contribution in [3.8, 4) is 0 Å². The molecule has 0 saturated heterocycles. The van der Waals surface area contributed by atoms with Crippen LogP contribution in [0.2, 0.25) is 4.34 Å². The molecule has 0 unspecified atom stereocenters. The van der Waals surface area contributed by atoms with Crippen molar-refractivity contribution in [1.29, 1.82) is 0 Å². The molecule has 3 N–H and O–H groups in total. The van der Waals surface area contributed by atoms with Gasteiger partial charge in [0.25, 0.3) is 5.56 Å². The summed E-state index contributed by atoms with van der Waals surface area (Å²) in [5, 5.41) is 0.330. The summed E-state index contributed by atoms with van der Waals surface area (Å²) < 4.78 is 0.568. The lowest BCUT2D eigenvalue weighted by Crippen LogP contribution is -2.10. The third-order valence-corrected chi connectivity index (χ3v) is 4.07. The van der Waals surface area contributed by atoms with Crippen molar-refractivity contribution in [2.45, 2.75) is 5.16 Å². The second-order valence-corrected chi connectivity index (χ2v) is 5.97. The number of anilines is 1. The second kappa shape index (κ2) is 5.55. The summed E-state index contributed by atoms with van der Waals surface area (Å²) in [6.45, 7) is 0. The normalized spacial score (nSPS) is 10.5. The molecule has 0 aliphatic carbocycles. The molecule has 2 rings (SSSR count). The van der Waals surface area contributed by atoms with Gasteiger partial charge in [-0.05, 0) is 12.1 Å². The van der Waals surface area contributed by atoms with E-state index in [9.17, 15) is 9.59 Å². The second-order valence-electron chi connectivity index (χ2n) is 3.29. The Labute approximate surface area is 115 Å². The van der Waals surface area contributed by atoms with Gasteiger partial charge in [-0.2, -0.15) is 0 Å². The number of thioether (sulfide) groups is 1. The third-order valence-electron chi connectivity index (χ3n) is 1.93. The highest BCUT2D eigenvalue weighted by Crippen LogP contribution is 2.23. The summed E-state index contributed by atoms with van der Waals surface area (Å²) >= 11 is 8.10. The summed E-state index contributed by atoms with van der Waals surface area (Å²) in [5.41, 5.74) is 5.10. The number of nitrogens with zero attached hydrogens (tertiary/aromatic N) is 1. The Balaban J connectivity index is 2.03. The first-order chi connectivity index (χ1) is 8.54. The molecule has 5 nitrogen and oxygen atoms in total. The Hall–Kier alpha value is -1.31. The van der Waals surface area contributed by atoms with Crippen LogP contribution in [0.3, 0.4) is 0 Å². The number of rotatable bonds is 4. The van der Waals surface area contributed by atoms with E-state index in [1.54, 1.807) is 12.1 Å². The fraction of sp³-hybridized carbons (Fsp3) is 0.100. The number of carbonyl (C=O) groups is 1. The fourth-order valence-corrected chi connectivity index (χ4v) is 3.03. The molecule has 18 heavy (non-hydrogen) atoms. The standard InChI is InChI=1S/C10H8ClN3O2S2/c11-7-2-1-6(18-7)5(15)4-17-10-13-8(12)3-9(16)14-10/h1-3H,4H2,(H3,12,13,14,16). The molecule has 2 aromatic heterocycles. The SMILES string of the molecule is Nc1cc(=O)[nH]c(SCC(=O)c2ccc(Cl)s2)n1. The van der Waals surface area contributed by atoms with Crippen LogP contribution >= 0.6 is 34.7 Å². The first-order valence-electron chi connectivity index (χ1n) is 4.83.